The molecule has 6 nitrogen and oxygen atoms in total. The van der Waals surface area contributed by atoms with Crippen LogP contribution in [0.25, 0.3) is 16.9 Å². The van der Waals surface area contributed by atoms with Crippen molar-refractivity contribution in [3.8, 4) is 11.6 Å². The Morgan fingerprint density at radius 2 is 1.96 bits per heavy atom. The van der Waals surface area contributed by atoms with Gasteiger partial charge in [-0.25, -0.2) is 9.97 Å². The second-order valence-electron chi connectivity index (χ2n) is 6.33. The first kappa shape index (κ1) is 16.8. The topological polar surface area (TPSA) is 80.0 Å². The maximum absolute atomic E-state index is 12.2. The Balaban J connectivity index is 1.47. The third kappa shape index (κ3) is 3.37. The smallest absolute Gasteiger partial charge is 0.255 e. The third-order valence-electron chi connectivity index (χ3n) is 4.36. The van der Waals surface area contributed by atoms with Gasteiger partial charge in [-0.15, -0.1) is 0 Å². The van der Waals surface area contributed by atoms with E-state index >= 15 is 0 Å². The first-order chi connectivity index (χ1) is 13.1. The van der Waals surface area contributed by atoms with E-state index in [1.807, 2.05) is 47.9 Å². The molecule has 4 rings (SSSR count). The molecule has 0 radical (unpaired) electrons. The first-order valence-corrected chi connectivity index (χ1v) is 8.57. The lowest BCUT2D eigenvalue weighted by molar-refractivity contribution is 0.0948. The predicted octanol–water partition coefficient (Wildman–Crippen LogP) is 3.36. The van der Waals surface area contributed by atoms with Gasteiger partial charge >= 0.3 is 0 Å². The highest BCUT2D eigenvalue weighted by atomic mass is 16.3. The molecule has 0 fully saturated rings. The Kier molecular flexibility index (Phi) is 4.30. The van der Waals surface area contributed by atoms with Crippen LogP contribution < -0.4 is 5.32 Å². The van der Waals surface area contributed by atoms with Gasteiger partial charge in [0.2, 0.25) is 0 Å². The summed E-state index contributed by atoms with van der Waals surface area (Å²) in [4.78, 5) is 21.1. The molecular weight excluding hydrogens is 340 g/mol. The van der Waals surface area contributed by atoms with Crippen molar-refractivity contribution in [1.29, 1.82) is 0 Å². The van der Waals surface area contributed by atoms with Gasteiger partial charge in [0.25, 0.3) is 5.91 Å². The molecular formula is C21H18N4O2. The summed E-state index contributed by atoms with van der Waals surface area (Å²) < 4.78 is 1.92. The first-order valence-electron chi connectivity index (χ1n) is 8.57. The summed E-state index contributed by atoms with van der Waals surface area (Å²) in [5.74, 6) is 0.417. The van der Waals surface area contributed by atoms with Crippen LogP contribution in [-0.2, 0) is 6.54 Å². The quantitative estimate of drug-likeness (QED) is 0.586. The van der Waals surface area contributed by atoms with Crippen LogP contribution in [0.2, 0.25) is 0 Å². The van der Waals surface area contributed by atoms with Gasteiger partial charge in [-0.1, -0.05) is 24.3 Å². The van der Waals surface area contributed by atoms with E-state index in [0.717, 1.165) is 28.0 Å². The predicted molar refractivity (Wildman–Crippen MR) is 103 cm³/mol. The van der Waals surface area contributed by atoms with E-state index in [-0.39, 0.29) is 17.2 Å². The number of phenols is 1. The van der Waals surface area contributed by atoms with Gasteiger partial charge in [0.1, 0.15) is 17.9 Å². The molecule has 0 atom stereocenters. The maximum atomic E-state index is 12.2. The number of nitrogens with zero attached hydrogens (tertiary/aromatic N) is 3. The Morgan fingerprint density at radius 1 is 1.11 bits per heavy atom. The van der Waals surface area contributed by atoms with Crippen LogP contribution in [0.4, 0.5) is 0 Å². The number of aromatic nitrogens is 3. The van der Waals surface area contributed by atoms with Gasteiger partial charge in [-0.05, 0) is 48.4 Å². The number of nitrogens with one attached hydrogen (secondary N) is 1. The van der Waals surface area contributed by atoms with Crippen LogP contribution in [0.3, 0.4) is 0 Å². The van der Waals surface area contributed by atoms with Crippen molar-refractivity contribution in [1.82, 2.24) is 19.9 Å². The van der Waals surface area contributed by atoms with Crippen molar-refractivity contribution in [2.75, 3.05) is 0 Å². The van der Waals surface area contributed by atoms with Crippen LogP contribution in [0.5, 0.6) is 5.75 Å². The molecule has 0 unspecified atom stereocenters. The van der Waals surface area contributed by atoms with Crippen molar-refractivity contribution < 1.29 is 9.90 Å². The number of benzene rings is 2. The van der Waals surface area contributed by atoms with E-state index in [2.05, 4.69) is 15.3 Å². The largest absolute Gasteiger partial charge is 0.507 e. The number of hydrogen-bond acceptors (Lipinski definition) is 4. The van der Waals surface area contributed by atoms with E-state index in [0.29, 0.717) is 6.54 Å². The highest BCUT2D eigenvalue weighted by molar-refractivity contribution is 5.96. The normalized spacial score (nSPS) is 10.9. The number of pyridine rings is 1. The lowest BCUT2D eigenvalue weighted by atomic mass is 10.1. The lowest BCUT2D eigenvalue weighted by Crippen LogP contribution is -2.23. The minimum atomic E-state index is -0.322. The monoisotopic (exact) mass is 358 g/mol. The SMILES string of the molecule is Cc1ccc(C(=O)NCc2ccc(-n3cnc4ccccc43)nc2)c(O)c1. The minimum Gasteiger partial charge on any atom is -0.507 e. The molecule has 0 bridgehead atoms. The zero-order valence-electron chi connectivity index (χ0n) is 14.8. The number of imidazole rings is 1. The number of fused-ring (bicyclic) bond motifs is 1. The van der Waals surface area contributed by atoms with E-state index in [1.165, 1.54) is 0 Å². The van der Waals surface area contributed by atoms with Gasteiger partial charge in [0, 0.05) is 12.7 Å². The second-order valence-corrected chi connectivity index (χ2v) is 6.33. The summed E-state index contributed by atoms with van der Waals surface area (Å²) in [6, 6.07) is 16.6. The van der Waals surface area contributed by atoms with Gasteiger partial charge < -0.3 is 10.4 Å². The number of carbonyl (C=O) groups excluding carboxylic acids is 1. The molecule has 27 heavy (non-hydrogen) atoms. The molecule has 1 amide bonds. The fraction of sp³-hybridized carbons (Fsp3) is 0.0952. The number of hydrogen-bond donors (Lipinski definition) is 2. The maximum Gasteiger partial charge on any atom is 0.255 e. The average Bonchev–Trinajstić information content (AvgIpc) is 3.11. The van der Waals surface area contributed by atoms with E-state index < -0.39 is 0 Å². The average molecular weight is 358 g/mol. The molecule has 0 aliphatic carbocycles. The summed E-state index contributed by atoms with van der Waals surface area (Å²) in [5, 5.41) is 12.7. The molecule has 4 aromatic rings. The lowest BCUT2D eigenvalue weighted by Gasteiger charge is -2.08. The van der Waals surface area contributed by atoms with E-state index in [4.69, 9.17) is 0 Å². The van der Waals surface area contributed by atoms with Crippen LogP contribution in [0.1, 0.15) is 21.5 Å². The van der Waals surface area contributed by atoms with Gasteiger partial charge in [0.05, 0.1) is 16.6 Å². The highest BCUT2D eigenvalue weighted by Crippen LogP contribution is 2.19. The minimum absolute atomic E-state index is 0.0204. The van der Waals surface area contributed by atoms with Crippen molar-refractivity contribution in [3.63, 3.8) is 0 Å². The van der Waals surface area contributed by atoms with Crippen LogP contribution in [0, 0.1) is 6.92 Å². The van der Waals surface area contributed by atoms with Crippen molar-refractivity contribution >= 4 is 16.9 Å². The zero-order chi connectivity index (χ0) is 18.8. The number of para-hydroxylation sites is 2. The summed E-state index contributed by atoms with van der Waals surface area (Å²) >= 11 is 0. The zero-order valence-corrected chi connectivity index (χ0v) is 14.8. The Hall–Kier alpha value is -3.67. The van der Waals surface area contributed by atoms with Crippen LogP contribution >= 0.6 is 0 Å². The van der Waals surface area contributed by atoms with Gasteiger partial charge in [-0.2, -0.15) is 0 Å². The fourth-order valence-corrected chi connectivity index (χ4v) is 2.92. The summed E-state index contributed by atoms with van der Waals surface area (Å²) in [6.45, 7) is 2.18. The molecule has 0 aliphatic rings. The van der Waals surface area contributed by atoms with E-state index in [1.54, 1.807) is 30.7 Å². The van der Waals surface area contributed by atoms with Crippen molar-refractivity contribution in [3.05, 3.63) is 83.8 Å². The summed E-state index contributed by atoms with van der Waals surface area (Å²) in [5.41, 5.74) is 3.92. The van der Waals surface area contributed by atoms with E-state index in [9.17, 15) is 9.90 Å². The molecule has 0 spiro atoms. The van der Waals surface area contributed by atoms with Gasteiger partial charge in [0.15, 0.2) is 0 Å². The molecule has 2 N–H and O–H groups in total. The van der Waals surface area contributed by atoms with Crippen LogP contribution in [0.15, 0.2) is 67.1 Å². The summed E-state index contributed by atoms with van der Waals surface area (Å²) in [7, 11) is 0. The Bertz CT molecular complexity index is 1120. The molecule has 6 heteroatoms. The standard InChI is InChI=1S/C21H18N4O2/c1-14-6-8-16(19(26)10-14)21(27)23-12-15-7-9-20(22-11-15)25-13-24-17-4-2-3-5-18(17)25/h2-11,13,26H,12H2,1H3,(H,23,27). The highest BCUT2D eigenvalue weighted by Gasteiger charge is 2.11. The summed E-state index contributed by atoms with van der Waals surface area (Å²) in [6.07, 6.45) is 3.47. The molecule has 2 aromatic heterocycles. The number of aryl methyl sites for hydroxylation is 1. The van der Waals surface area contributed by atoms with Crippen molar-refractivity contribution in [2.45, 2.75) is 13.5 Å². The number of aromatic hydroxyl groups is 1. The Labute approximate surface area is 156 Å². The Morgan fingerprint density at radius 3 is 2.74 bits per heavy atom. The molecule has 0 aliphatic heterocycles. The van der Waals surface area contributed by atoms with Crippen LogP contribution in [-0.4, -0.2) is 25.5 Å². The molecule has 134 valence electrons. The third-order valence-corrected chi connectivity index (χ3v) is 4.36. The number of rotatable bonds is 4. The number of carbonyl (C=O) groups is 1. The van der Waals surface area contributed by atoms with Crippen molar-refractivity contribution in [2.24, 2.45) is 0 Å². The molecule has 0 saturated heterocycles. The molecule has 2 heterocycles. The van der Waals surface area contributed by atoms with Gasteiger partial charge in [-0.3, -0.25) is 9.36 Å². The number of phenolic OH excluding ortho intramolecular Hbond substituents is 1. The molecule has 0 saturated carbocycles. The molecule has 2 aromatic carbocycles. The number of amides is 1. The second kappa shape index (κ2) is 6.92. The fourth-order valence-electron chi connectivity index (χ4n) is 2.92.